The van der Waals surface area contributed by atoms with Crippen LogP contribution in [0.3, 0.4) is 0 Å². The summed E-state index contributed by atoms with van der Waals surface area (Å²) >= 11 is 0. The molecule has 0 saturated carbocycles. The van der Waals surface area contributed by atoms with Crippen LogP contribution in [0.4, 0.5) is 0 Å². The van der Waals surface area contributed by atoms with Crippen molar-refractivity contribution >= 4 is 12.1 Å². The van der Waals surface area contributed by atoms with Gasteiger partial charge in [-0.3, -0.25) is 4.79 Å². The number of benzene rings is 2. The molecule has 1 amide bonds. The van der Waals surface area contributed by atoms with Gasteiger partial charge in [-0.1, -0.05) is 6.07 Å². The predicted octanol–water partition coefficient (Wildman–Crippen LogP) is 2.18. The maximum atomic E-state index is 12.1. The van der Waals surface area contributed by atoms with Gasteiger partial charge in [0.25, 0.3) is 5.91 Å². The molecule has 0 aliphatic heterocycles. The number of hydrogen-bond donors (Lipinski definition) is 2. The number of para-hydroxylation sites is 1. The highest BCUT2D eigenvalue weighted by atomic mass is 16.5. The van der Waals surface area contributed by atoms with Crippen molar-refractivity contribution in [3.63, 3.8) is 0 Å². The Morgan fingerprint density at radius 1 is 1.08 bits per heavy atom. The van der Waals surface area contributed by atoms with E-state index in [9.17, 15) is 9.90 Å². The number of aromatic hydroxyl groups is 1. The Morgan fingerprint density at radius 3 is 2.50 bits per heavy atom. The number of amides is 1. The van der Waals surface area contributed by atoms with E-state index in [1.54, 1.807) is 25.3 Å². The van der Waals surface area contributed by atoms with Gasteiger partial charge in [-0.25, -0.2) is 5.43 Å². The smallest absolute Gasteiger partial charge is 0.271 e. The maximum absolute atomic E-state index is 12.1. The molecule has 0 atom stereocenters. The van der Waals surface area contributed by atoms with E-state index in [4.69, 9.17) is 14.2 Å². The minimum Gasteiger partial charge on any atom is -0.504 e. The van der Waals surface area contributed by atoms with Gasteiger partial charge in [-0.05, 0) is 30.3 Å². The van der Waals surface area contributed by atoms with Crippen molar-refractivity contribution in [2.75, 3.05) is 21.3 Å². The number of carbonyl (C=O) groups excluding carboxylic acids is 1. The predicted molar refractivity (Wildman–Crippen MR) is 89.3 cm³/mol. The van der Waals surface area contributed by atoms with E-state index in [2.05, 4.69) is 10.5 Å². The molecule has 0 fully saturated rings. The highest BCUT2D eigenvalue weighted by molar-refractivity contribution is 5.95. The van der Waals surface area contributed by atoms with Gasteiger partial charge in [0, 0.05) is 11.1 Å². The number of nitrogens with one attached hydrogen (secondary N) is 1. The van der Waals surface area contributed by atoms with E-state index in [1.165, 1.54) is 38.6 Å². The molecule has 2 aromatic rings. The number of hydrazone groups is 1. The van der Waals surface area contributed by atoms with Crippen LogP contribution >= 0.6 is 0 Å². The SMILES string of the molecule is COc1cc(C(=O)NN=Cc2cccc(OC)c2OC)ccc1O. The summed E-state index contributed by atoms with van der Waals surface area (Å²) in [5.74, 6) is 0.812. The van der Waals surface area contributed by atoms with Crippen LogP contribution in [0.1, 0.15) is 15.9 Å². The first kappa shape index (κ1) is 17.1. The second-order valence-electron chi connectivity index (χ2n) is 4.67. The highest BCUT2D eigenvalue weighted by Gasteiger charge is 2.10. The minimum absolute atomic E-state index is 0.0429. The van der Waals surface area contributed by atoms with Crippen molar-refractivity contribution in [2.45, 2.75) is 0 Å². The molecule has 7 heteroatoms. The van der Waals surface area contributed by atoms with Gasteiger partial charge >= 0.3 is 0 Å². The van der Waals surface area contributed by atoms with Crippen LogP contribution < -0.4 is 19.6 Å². The van der Waals surface area contributed by atoms with Crippen molar-refractivity contribution in [3.05, 3.63) is 47.5 Å². The van der Waals surface area contributed by atoms with Crippen LogP contribution in [-0.2, 0) is 0 Å². The summed E-state index contributed by atoms with van der Waals surface area (Å²) in [5.41, 5.74) is 3.36. The first-order chi connectivity index (χ1) is 11.6. The number of rotatable bonds is 6. The summed E-state index contributed by atoms with van der Waals surface area (Å²) in [5, 5.41) is 13.5. The molecule has 24 heavy (non-hydrogen) atoms. The highest BCUT2D eigenvalue weighted by Crippen LogP contribution is 2.29. The van der Waals surface area contributed by atoms with E-state index in [0.29, 0.717) is 22.6 Å². The lowest BCUT2D eigenvalue weighted by Gasteiger charge is -2.09. The molecule has 2 aromatic carbocycles. The molecule has 0 heterocycles. The molecule has 0 aliphatic carbocycles. The van der Waals surface area contributed by atoms with E-state index in [-0.39, 0.29) is 11.5 Å². The molecule has 0 unspecified atom stereocenters. The van der Waals surface area contributed by atoms with Gasteiger partial charge in [-0.15, -0.1) is 0 Å². The molecule has 0 aromatic heterocycles. The lowest BCUT2D eigenvalue weighted by Crippen LogP contribution is -2.17. The van der Waals surface area contributed by atoms with Gasteiger partial charge in [0.05, 0.1) is 27.5 Å². The normalized spacial score (nSPS) is 10.5. The average Bonchev–Trinajstić information content (AvgIpc) is 2.61. The van der Waals surface area contributed by atoms with Gasteiger partial charge in [-0.2, -0.15) is 5.10 Å². The van der Waals surface area contributed by atoms with E-state index >= 15 is 0 Å². The fraction of sp³-hybridized carbons (Fsp3) is 0.176. The number of nitrogens with zero attached hydrogens (tertiary/aromatic N) is 1. The van der Waals surface area contributed by atoms with Crippen molar-refractivity contribution in [3.8, 4) is 23.0 Å². The van der Waals surface area contributed by atoms with Gasteiger partial charge in [0.15, 0.2) is 23.0 Å². The lowest BCUT2D eigenvalue weighted by atomic mass is 10.2. The van der Waals surface area contributed by atoms with Crippen LogP contribution in [0.15, 0.2) is 41.5 Å². The van der Waals surface area contributed by atoms with E-state index in [0.717, 1.165) is 0 Å². The van der Waals surface area contributed by atoms with Crippen molar-refractivity contribution in [2.24, 2.45) is 5.10 Å². The van der Waals surface area contributed by atoms with Crippen LogP contribution in [0.2, 0.25) is 0 Å². The number of carbonyl (C=O) groups is 1. The standard InChI is InChI=1S/C17H18N2O5/c1-22-14-6-4-5-12(16(14)24-3)10-18-19-17(21)11-7-8-13(20)15(9-11)23-2/h4-10,20H,1-3H3,(H,19,21). The minimum atomic E-state index is -0.439. The molecule has 0 spiro atoms. The quantitative estimate of drug-likeness (QED) is 0.626. The third-order valence-electron chi connectivity index (χ3n) is 3.25. The third kappa shape index (κ3) is 3.75. The van der Waals surface area contributed by atoms with Crippen LogP contribution in [-0.4, -0.2) is 38.6 Å². The van der Waals surface area contributed by atoms with Crippen molar-refractivity contribution < 1.29 is 24.1 Å². The fourth-order valence-electron chi connectivity index (χ4n) is 2.06. The summed E-state index contributed by atoms with van der Waals surface area (Å²) in [7, 11) is 4.47. The zero-order valence-electron chi connectivity index (χ0n) is 13.6. The monoisotopic (exact) mass is 330 g/mol. The Labute approximate surface area is 139 Å². The summed E-state index contributed by atoms with van der Waals surface area (Å²) in [4.78, 5) is 12.1. The molecule has 0 bridgehead atoms. The molecule has 2 N–H and O–H groups in total. The number of hydrogen-bond acceptors (Lipinski definition) is 6. The molecule has 0 saturated heterocycles. The Bertz CT molecular complexity index is 759. The first-order valence-corrected chi connectivity index (χ1v) is 7.02. The summed E-state index contributed by atoms with van der Waals surface area (Å²) < 4.78 is 15.4. The Balaban J connectivity index is 2.13. The van der Waals surface area contributed by atoms with Crippen LogP contribution in [0.5, 0.6) is 23.0 Å². The molecular formula is C17H18N2O5. The van der Waals surface area contributed by atoms with Crippen LogP contribution in [0.25, 0.3) is 0 Å². The number of ether oxygens (including phenoxy) is 3. The van der Waals surface area contributed by atoms with Gasteiger partial charge in [0.1, 0.15) is 0 Å². The zero-order chi connectivity index (χ0) is 17.5. The molecule has 126 valence electrons. The second kappa shape index (κ2) is 7.87. The zero-order valence-corrected chi connectivity index (χ0v) is 13.6. The number of phenolic OH excluding ortho intramolecular Hbond substituents is 1. The molecule has 7 nitrogen and oxygen atoms in total. The van der Waals surface area contributed by atoms with Crippen LogP contribution in [0, 0.1) is 0 Å². The maximum Gasteiger partial charge on any atom is 0.271 e. The summed E-state index contributed by atoms with van der Waals surface area (Å²) in [6.07, 6.45) is 1.46. The van der Waals surface area contributed by atoms with Gasteiger partial charge in [0.2, 0.25) is 0 Å². The molecular weight excluding hydrogens is 312 g/mol. The molecule has 2 rings (SSSR count). The average molecular weight is 330 g/mol. The molecule has 0 radical (unpaired) electrons. The summed E-state index contributed by atoms with van der Waals surface area (Å²) in [6.45, 7) is 0. The van der Waals surface area contributed by atoms with E-state index in [1.807, 2.05) is 0 Å². The topological polar surface area (TPSA) is 89.4 Å². The second-order valence-corrected chi connectivity index (χ2v) is 4.67. The largest absolute Gasteiger partial charge is 0.504 e. The molecule has 0 aliphatic rings. The fourth-order valence-corrected chi connectivity index (χ4v) is 2.06. The first-order valence-electron chi connectivity index (χ1n) is 7.02. The Kier molecular flexibility index (Phi) is 5.62. The third-order valence-corrected chi connectivity index (χ3v) is 3.25. The number of methoxy groups -OCH3 is 3. The van der Waals surface area contributed by atoms with Crippen molar-refractivity contribution in [1.82, 2.24) is 5.43 Å². The Morgan fingerprint density at radius 2 is 1.83 bits per heavy atom. The van der Waals surface area contributed by atoms with E-state index < -0.39 is 5.91 Å². The number of phenols is 1. The summed E-state index contributed by atoms with van der Waals surface area (Å²) in [6, 6.07) is 9.59. The Hall–Kier alpha value is -3.22. The lowest BCUT2D eigenvalue weighted by molar-refractivity contribution is 0.0954. The van der Waals surface area contributed by atoms with Gasteiger partial charge < -0.3 is 19.3 Å². The van der Waals surface area contributed by atoms with Crippen molar-refractivity contribution in [1.29, 1.82) is 0 Å².